The van der Waals surface area contributed by atoms with Gasteiger partial charge in [-0.25, -0.2) is 4.57 Å². The molecule has 7 heteroatoms. The summed E-state index contributed by atoms with van der Waals surface area (Å²) in [6.07, 6.45) is 6.56. The molecule has 0 bridgehead atoms. The maximum Gasteiger partial charge on any atom is 0.255 e. The molecule has 7 nitrogen and oxygen atoms in total. The van der Waals surface area contributed by atoms with Crippen LogP contribution in [0.25, 0.3) is 11.3 Å². The molecule has 6 rings (SSSR count). The first-order valence-electron chi connectivity index (χ1n) is 13.1. The minimum atomic E-state index is -0.535. The first-order valence-corrected chi connectivity index (χ1v) is 13.1. The van der Waals surface area contributed by atoms with Gasteiger partial charge in [-0.2, -0.15) is 0 Å². The van der Waals surface area contributed by atoms with Crippen LogP contribution in [0.1, 0.15) is 46.3 Å². The third-order valence-corrected chi connectivity index (χ3v) is 7.40. The Kier molecular flexibility index (Phi) is 6.71. The number of pyridine rings is 2. The smallest absolute Gasteiger partial charge is 0.255 e. The molecule has 0 spiro atoms. The zero-order valence-corrected chi connectivity index (χ0v) is 21.5. The minimum absolute atomic E-state index is 0.0486. The van der Waals surface area contributed by atoms with Crippen molar-refractivity contribution in [2.45, 2.75) is 45.0 Å². The van der Waals surface area contributed by atoms with Gasteiger partial charge in [0.25, 0.3) is 5.91 Å². The maximum atomic E-state index is 13.1. The van der Waals surface area contributed by atoms with Crippen LogP contribution in [0.15, 0.2) is 91.4 Å². The fourth-order valence-electron chi connectivity index (χ4n) is 5.28. The van der Waals surface area contributed by atoms with Crippen molar-refractivity contribution in [3.05, 3.63) is 114 Å². The summed E-state index contributed by atoms with van der Waals surface area (Å²) < 4.78 is 8.27. The summed E-state index contributed by atoms with van der Waals surface area (Å²) in [5, 5.41) is 0. The number of Topliss-reactive ketones (excluding diaryl/α,β-unsaturated/α-hetero) is 2. The van der Waals surface area contributed by atoms with E-state index in [9.17, 15) is 14.4 Å². The van der Waals surface area contributed by atoms with E-state index in [2.05, 4.69) is 58.3 Å². The Morgan fingerprint density at radius 2 is 1.69 bits per heavy atom. The van der Waals surface area contributed by atoms with Crippen LogP contribution in [0, 0.1) is 0 Å². The van der Waals surface area contributed by atoms with Crippen LogP contribution in [-0.2, 0) is 29.3 Å². The van der Waals surface area contributed by atoms with Crippen molar-refractivity contribution < 1.29 is 23.7 Å². The maximum absolute atomic E-state index is 13.1. The van der Waals surface area contributed by atoms with E-state index >= 15 is 0 Å². The highest BCUT2D eigenvalue weighted by Crippen LogP contribution is 2.34. The molecular weight excluding hydrogens is 490 g/mol. The summed E-state index contributed by atoms with van der Waals surface area (Å²) in [5.74, 6) is 0.262. The molecule has 1 fully saturated rings. The molecule has 2 aromatic carbocycles. The van der Waals surface area contributed by atoms with Crippen molar-refractivity contribution in [2.75, 3.05) is 0 Å². The lowest BCUT2D eigenvalue weighted by Gasteiger charge is -2.29. The largest absolute Gasteiger partial charge is 0.489 e. The summed E-state index contributed by atoms with van der Waals surface area (Å²) in [5.41, 5.74) is 5.60. The molecule has 1 unspecified atom stereocenters. The Bertz CT molecular complexity index is 1530. The van der Waals surface area contributed by atoms with Gasteiger partial charge in [0, 0.05) is 47.0 Å². The van der Waals surface area contributed by atoms with Crippen molar-refractivity contribution in [3.8, 4) is 17.0 Å². The van der Waals surface area contributed by atoms with E-state index in [4.69, 9.17) is 4.74 Å². The van der Waals surface area contributed by atoms with E-state index < -0.39 is 6.04 Å². The average Bonchev–Trinajstić information content (AvgIpc) is 3.30. The minimum Gasteiger partial charge on any atom is -0.489 e. The van der Waals surface area contributed by atoms with E-state index in [1.807, 2.05) is 24.3 Å². The molecule has 2 aromatic heterocycles. The molecule has 1 saturated carbocycles. The van der Waals surface area contributed by atoms with Gasteiger partial charge in [-0.1, -0.05) is 36.4 Å². The molecule has 1 amide bonds. The summed E-state index contributed by atoms with van der Waals surface area (Å²) >= 11 is 0. The van der Waals surface area contributed by atoms with Crippen LogP contribution in [0.2, 0.25) is 0 Å². The van der Waals surface area contributed by atoms with Crippen LogP contribution >= 0.6 is 0 Å². The lowest BCUT2D eigenvalue weighted by Crippen LogP contribution is -2.44. The van der Waals surface area contributed by atoms with Crippen molar-refractivity contribution in [3.63, 3.8) is 0 Å². The van der Waals surface area contributed by atoms with Gasteiger partial charge < -0.3 is 9.64 Å². The fourth-order valence-corrected chi connectivity index (χ4v) is 5.28. The zero-order valence-electron chi connectivity index (χ0n) is 21.5. The van der Waals surface area contributed by atoms with Gasteiger partial charge in [0.2, 0.25) is 0 Å². The molecule has 3 heterocycles. The topological polar surface area (TPSA) is 80.5 Å². The fraction of sp³-hybridized carbons (Fsp3) is 0.219. The third-order valence-electron chi connectivity index (χ3n) is 7.40. The zero-order chi connectivity index (χ0) is 26.8. The number of amides is 1. The predicted octanol–water partition coefficient (Wildman–Crippen LogP) is 4.31. The Morgan fingerprint density at radius 1 is 0.897 bits per heavy atom. The van der Waals surface area contributed by atoms with E-state index in [0.29, 0.717) is 37.3 Å². The van der Waals surface area contributed by atoms with E-state index in [0.717, 1.165) is 28.9 Å². The quantitative estimate of drug-likeness (QED) is 0.269. The van der Waals surface area contributed by atoms with Crippen LogP contribution in [0.4, 0.5) is 0 Å². The lowest BCUT2D eigenvalue weighted by atomic mass is 9.92. The Morgan fingerprint density at radius 3 is 2.44 bits per heavy atom. The number of fused-ring (bicyclic) bond motifs is 1. The van der Waals surface area contributed by atoms with Crippen LogP contribution in [0.5, 0.6) is 5.75 Å². The second kappa shape index (κ2) is 10.6. The highest BCUT2D eigenvalue weighted by atomic mass is 16.5. The Labute approximate surface area is 226 Å². The number of rotatable bonds is 7. The van der Waals surface area contributed by atoms with Crippen LogP contribution in [0.3, 0.4) is 0 Å². The molecule has 4 aromatic rings. The SMILES string of the molecule is O=C1CCC(N2Cc3c(OCc4ccc(C[n+]5ccc(-c6ccccn6)cc5)cc4)cccc3C2=O)C(=O)C1. The molecule has 194 valence electrons. The van der Waals surface area contributed by atoms with Crippen molar-refractivity contribution in [1.82, 2.24) is 9.88 Å². The molecule has 39 heavy (non-hydrogen) atoms. The Balaban J connectivity index is 1.08. The van der Waals surface area contributed by atoms with Gasteiger partial charge in [-0.3, -0.25) is 19.4 Å². The highest BCUT2D eigenvalue weighted by molar-refractivity contribution is 6.07. The van der Waals surface area contributed by atoms with Gasteiger partial charge in [-0.05, 0) is 36.2 Å². The molecule has 0 radical (unpaired) electrons. The molecule has 1 aliphatic heterocycles. The molecular formula is C32H28N3O4+. The molecule has 1 aliphatic carbocycles. The second-order valence-corrected chi connectivity index (χ2v) is 10.0. The monoisotopic (exact) mass is 518 g/mol. The van der Waals surface area contributed by atoms with Gasteiger partial charge in [0.1, 0.15) is 18.1 Å². The standard InChI is InChI=1S/C32H28N3O4/c36-25-11-12-29(30(37)18-25)35-20-27-26(32(35)38)4-3-6-31(27)39-21-23-9-7-22(8-10-23)19-34-16-13-24(14-17-34)28-5-1-2-15-33-28/h1-10,13-17,29H,11-12,18-21H2/q+1. The van der Waals surface area contributed by atoms with Crippen LogP contribution < -0.4 is 9.30 Å². The predicted molar refractivity (Wildman–Crippen MR) is 144 cm³/mol. The highest BCUT2D eigenvalue weighted by Gasteiger charge is 2.39. The third kappa shape index (κ3) is 5.21. The van der Waals surface area contributed by atoms with Crippen molar-refractivity contribution in [2.24, 2.45) is 0 Å². The molecule has 0 N–H and O–H groups in total. The van der Waals surface area contributed by atoms with Crippen LogP contribution in [-0.4, -0.2) is 33.4 Å². The summed E-state index contributed by atoms with van der Waals surface area (Å²) in [7, 11) is 0. The molecule has 2 aliphatic rings. The number of carbonyl (C=O) groups excluding carboxylic acids is 3. The number of ether oxygens (including phenoxy) is 1. The summed E-state index contributed by atoms with van der Waals surface area (Å²) in [6, 6.07) is 23.2. The molecule has 0 saturated heterocycles. The number of benzene rings is 2. The van der Waals surface area contributed by atoms with E-state index in [1.165, 1.54) is 5.56 Å². The number of ketones is 2. The van der Waals surface area contributed by atoms with Gasteiger partial charge in [0.15, 0.2) is 24.7 Å². The van der Waals surface area contributed by atoms with E-state index in [-0.39, 0.29) is 23.9 Å². The Hall–Kier alpha value is -4.65. The second-order valence-electron chi connectivity index (χ2n) is 10.0. The van der Waals surface area contributed by atoms with Gasteiger partial charge in [-0.15, -0.1) is 0 Å². The number of hydrogen-bond acceptors (Lipinski definition) is 5. The number of hydrogen-bond donors (Lipinski definition) is 0. The summed E-state index contributed by atoms with van der Waals surface area (Å²) in [4.78, 5) is 43.1. The number of aromatic nitrogens is 2. The molecule has 1 atom stereocenters. The first-order chi connectivity index (χ1) is 19.0. The number of nitrogens with zero attached hydrogens (tertiary/aromatic N) is 3. The number of carbonyl (C=O) groups is 3. The van der Waals surface area contributed by atoms with Crippen molar-refractivity contribution >= 4 is 17.5 Å². The lowest BCUT2D eigenvalue weighted by molar-refractivity contribution is -0.688. The van der Waals surface area contributed by atoms with Gasteiger partial charge >= 0.3 is 0 Å². The van der Waals surface area contributed by atoms with E-state index in [1.54, 1.807) is 23.2 Å². The average molecular weight is 519 g/mol. The summed E-state index contributed by atoms with van der Waals surface area (Å²) in [6.45, 7) is 1.44. The normalized spacial score (nSPS) is 16.9. The van der Waals surface area contributed by atoms with Gasteiger partial charge in [0.05, 0.1) is 24.7 Å². The van der Waals surface area contributed by atoms with Crippen molar-refractivity contribution in [1.29, 1.82) is 0 Å². The first kappa shape index (κ1) is 24.7.